The standard InChI is InChI=1S/C25H28FN3O4/c1-27(2)11-12-28(15-18-6-3-4-8-22(18)26)23(30)17-9-10-20-21(14-17)25(32)29(24(20)31)16-19-7-5-13-33-19/h3-4,6,8-10,14,19H,5,7,11-13,15-16H2,1-2H3. The van der Waals surface area contributed by atoms with Gasteiger partial charge in [-0.3, -0.25) is 19.3 Å². The van der Waals surface area contributed by atoms with Crippen molar-refractivity contribution in [2.24, 2.45) is 0 Å². The fraction of sp³-hybridized carbons (Fsp3) is 0.400. The number of nitrogens with zero attached hydrogens (tertiary/aromatic N) is 3. The van der Waals surface area contributed by atoms with Crippen LogP contribution in [0, 0.1) is 5.82 Å². The Kier molecular flexibility index (Phi) is 6.85. The number of imide groups is 1. The summed E-state index contributed by atoms with van der Waals surface area (Å²) in [7, 11) is 3.79. The Hall–Kier alpha value is -3.10. The average molecular weight is 454 g/mol. The van der Waals surface area contributed by atoms with Gasteiger partial charge in [-0.15, -0.1) is 0 Å². The summed E-state index contributed by atoms with van der Waals surface area (Å²) in [6, 6.07) is 10.9. The zero-order valence-corrected chi connectivity index (χ0v) is 18.9. The first-order valence-electron chi connectivity index (χ1n) is 11.1. The highest BCUT2D eigenvalue weighted by atomic mass is 19.1. The van der Waals surface area contributed by atoms with Gasteiger partial charge in [0.15, 0.2) is 0 Å². The SMILES string of the molecule is CN(C)CCN(Cc1ccccc1F)C(=O)c1ccc2c(c1)C(=O)N(CC1CCCO1)C2=O. The minimum Gasteiger partial charge on any atom is -0.376 e. The molecule has 0 bridgehead atoms. The number of fused-ring (bicyclic) bond motifs is 1. The van der Waals surface area contributed by atoms with Crippen LogP contribution in [-0.2, 0) is 11.3 Å². The topological polar surface area (TPSA) is 70.2 Å². The van der Waals surface area contributed by atoms with Gasteiger partial charge in [-0.2, -0.15) is 0 Å². The largest absolute Gasteiger partial charge is 0.376 e. The zero-order chi connectivity index (χ0) is 23.5. The number of hydrogen-bond acceptors (Lipinski definition) is 5. The van der Waals surface area contributed by atoms with E-state index in [-0.39, 0.29) is 42.4 Å². The molecule has 2 aromatic rings. The lowest BCUT2D eigenvalue weighted by Crippen LogP contribution is -2.37. The molecule has 1 saturated heterocycles. The molecule has 1 atom stereocenters. The number of carbonyl (C=O) groups excluding carboxylic acids is 3. The number of hydrogen-bond donors (Lipinski definition) is 0. The molecule has 0 N–H and O–H groups in total. The lowest BCUT2D eigenvalue weighted by molar-refractivity contribution is 0.0475. The number of benzene rings is 2. The molecule has 2 aliphatic heterocycles. The molecule has 0 aliphatic carbocycles. The molecule has 0 radical (unpaired) electrons. The van der Waals surface area contributed by atoms with E-state index in [9.17, 15) is 18.8 Å². The van der Waals surface area contributed by atoms with Crippen molar-refractivity contribution in [1.82, 2.24) is 14.7 Å². The van der Waals surface area contributed by atoms with E-state index in [0.29, 0.717) is 36.4 Å². The van der Waals surface area contributed by atoms with Crippen molar-refractivity contribution in [2.75, 3.05) is 40.3 Å². The van der Waals surface area contributed by atoms with Crippen LogP contribution in [0.15, 0.2) is 42.5 Å². The second-order valence-electron chi connectivity index (χ2n) is 8.74. The summed E-state index contributed by atoms with van der Waals surface area (Å²) in [5.41, 5.74) is 1.23. The zero-order valence-electron chi connectivity index (χ0n) is 18.9. The van der Waals surface area contributed by atoms with E-state index in [1.54, 1.807) is 29.2 Å². The Labute approximate surface area is 192 Å². The van der Waals surface area contributed by atoms with E-state index >= 15 is 0 Å². The highest BCUT2D eigenvalue weighted by Gasteiger charge is 2.38. The van der Waals surface area contributed by atoms with E-state index in [0.717, 1.165) is 12.8 Å². The summed E-state index contributed by atoms with van der Waals surface area (Å²) in [5.74, 6) is -1.46. The fourth-order valence-corrected chi connectivity index (χ4v) is 4.17. The summed E-state index contributed by atoms with van der Waals surface area (Å²) >= 11 is 0. The van der Waals surface area contributed by atoms with Gasteiger partial charge >= 0.3 is 0 Å². The normalized spacial score (nSPS) is 17.7. The molecule has 4 rings (SSSR count). The number of carbonyl (C=O) groups is 3. The summed E-state index contributed by atoms with van der Waals surface area (Å²) in [4.78, 5) is 43.8. The molecular weight excluding hydrogens is 425 g/mol. The molecule has 0 saturated carbocycles. The maximum absolute atomic E-state index is 14.3. The van der Waals surface area contributed by atoms with Gasteiger partial charge in [0.1, 0.15) is 5.82 Å². The first-order chi connectivity index (χ1) is 15.8. The summed E-state index contributed by atoms with van der Waals surface area (Å²) in [6.07, 6.45) is 1.58. The number of ether oxygens (including phenoxy) is 1. The van der Waals surface area contributed by atoms with Crippen LogP contribution >= 0.6 is 0 Å². The van der Waals surface area contributed by atoms with Crippen LogP contribution in [0.4, 0.5) is 4.39 Å². The Morgan fingerprint density at radius 3 is 2.55 bits per heavy atom. The highest BCUT2D eigenvalue weighted by Crippen LogP contribution is 2.27. The van der Waals surface area contributed by atoms with Gasteiger partial charge < -0.3 is 14.5 Å². The van der Waals surface area contributed by atoms with Crippen molar-refractivity contribution >= 4 is 17.7 Å². The van der Waals surface area contributed by atoms with Gasteiger partial charge in [-0.1, -0.05) is 18.2 Å². The number of halogens is 1. The van der Waals surface area contributed by atoms with Gasteiger partial charge in [0.25, 0.3) is 17.7 Å². The molecule has 2 heterocycles. The fourth-order valence-electron chi connectivity index (χ4n) is 4.17. The van der Waals surface area contributed by atoms with Gasteiger partial charge in [0.2, 0.25) is 0 Å². The Bertz CT molecular complexity index is 1070. The highest BCUT2D eigenvalue weighted by molar-refractivity contribution is 6.22. The van der Waals surface area contributed by atoms with Crippen molar-refractivity contribution in [3.8, 4) is 0 Å². The van der Waals surface area contributed by atoms with Crippen molar-refractivity contribution in [3.05, 3.63) is 70.5 Å². The van der Waals surface area contributed by atoms with Crippen LogP contribution in [0.25, 0.3) is 0 Å². The van der Waals surface area contributed by atoms with Crippen LogP contribution in [0.2, 0.25) is 0 Å². The van der Waals surface area contributed by atoms with Gasteiger partial charge in [-0.05, 0) is 51.2 Å². The van der Waals surface area contributed by atoms with Crippen LogP contribution in [0.1, 0.15) is 49.5 Å². The maximum atomic E-state index is 14.3. The first kappa shape index (κ1) is 23.1. The Morgan fingerprint density at radius 2 is 1.85 bits per heavy atom. The third kappa shape index (κ3) is 4.96. The lowest BCUT2D eigenvalue weighted by Gasteiger charge is -2.25. The molecule has 8 heteroatoms. The summed E-state index contributed by atoms with van der Waals surface area (Å²) < 4.78 is 19.8. The molecule has 2 aromatic carbocycles. The molecule has 2 aliphatic rings. The quantitative estimate of drug-likeness (QED) is 0.575. The third-order valence-corrected chi connectivity index (χ3v) is 6.05. The average Bonchev–Trinajstić information content (AvgIpc) is 3.40. The van der Waals surface area contributed by atoms with E-state index in [1.165, 1.54) is 23.1 Å². The molecule has 0 aromatic heterocycles. The minimum absolute atomic E-state index is 0.106. The van der Waals surface area contributed by atoms with Crippen molar-refractivity contribution in [2.45, 2.75) is 25.5 Å². The van der Waals surface area contributed by atoms with E-state index < -0.39 is 5.91 Å². The van der Waals surface area contributed by atoms with Crippen molar-refractivity contribution in [1.29, 1.82) is 0 Å². The molecule has 3 amide bonds. The van der Waals surface area contributed by atoms with Gasteiger partial charge in [-0.25, -0.2) is 4.39 Å². The van der Waals surface area contributed by atoms with E-state index in [4.69, 9.17) is 4.74 Å². The molecule has 1 unspecified atom stereocenters. The summed E-state index contributed by atoms with van der Waals surface area (Å²) in [5, 5.41) is 0. The minimum atomic E-state index is -0.408. The number of likely N-dealkylation sites (N-methyl/N-ethyl adjacent to an activating group) is 1. The third-order valence-electron chi connectivity index (χ3n) is 6.05. The van der Waals surface area contributed by atoms with Crippen LogP contribution < -0.4 is 0 Å². The summed E-state index contributed by atoms with van der Waals surface area (Å²) in [6.45, 7) is 1.94. The maximum Gasteiger partial charge on any atom is 0.261 e. The second-order valence-corrected chi connectivity index (χ2v) is 8.74. The molecular formula is C25H28FN3O4. The number of rotatable bonds is 8. The van der Waals surface area contributed by atoms with Crippen LogP contribution in [0.5, 0.6) is 0 Å². The predicted octanol–water partition coefficient (Wildman–Crippen LogP) is 2.80. The Balaban J connectivity index is 1.56. The smallest absolute Gasteiger partial charge is 0.261 e. The molecule has 7 nitrogen and oxygen atoms in total. The lowest BCUT2D eigenvalue weighted by atomic mass is 10.0. The molecule has 174 valence electrons. The van der Waals surface area contributed by atoms with Crippen LogP contribution in [-0.4, -0.2) is 78.9 Å². The monoisotopic (exact) mass is 453 g/mol. The Morgan fingerprint density at radius 1 is 1.09 bits per heavy atom. The van der Waals surface area contributed by atoms with Gasteiger partial charge in [0, 0.05) is 37.4 Å². The second kappa shape index (κ2) is 9.80. The van der Waals surface area contributed by atoms with Crippen molar-refractivity contribution in [3.63, 3.8) is 0 Å². The molecule has 33 heavy (non-hydrogen) atoms. The van der Waals surface area contributed by atoms with E-state index in [1.807, 2.05) is 19.0 Å². The van der Waals surface area contributed by atoms with Gasteiger partial charge in [0.05, 0.1) is 23.8 Å². The molecule has 0 spiro atoms. The first-order valence-corrected chi connectivity index (χ1v) is 11.1. The van der Waals surface area contributed by atoms with E-state index in [2.05, 4.69) is 0 Å². The van der Waals surface area contributed by atoms with Crippen molar-refractivity contribution < 1.29 is 23.5 Å². The molecule has 1 fully saturated rings. The van der Waals surface area contributed by atoms with Crippen LogP contribution in [0.3, 0.4) is 0 Å². The number of amides is 3. The predicted molar refractivity (Wildman–Crippen MR) is 120 cm³/mol.